The molecule has 3 rings (SSSR count). The van der Waals surface area contributed by atoms with Crippen LogP contribution in [0.3, 0.4) is 0 Å². The summed E-state index contributed by atoms with van der Waals surface area (Å²) in [5, 5.41) is 10.1. The normalized spacial score (nSPS) is 30.4. The molecule has 1 aromatic rings. The first-order chi connectivity index (χ1) is 10.8. The first kappa shape index (κ1) is 16.7. The smallest absolute Gasteiger partial charge is 0.187 e. The number of hydrogen-bond donors (Lipinski definition) is 1. The lowest BCUT2D eigenvalue weighted by atomic mass is 10.1. The minimum atomic E-state index is -0.866. The van der Waals surface area contributed by atoms with Crippen LogP contribution in [0.5, 0.6) is 0 Å². The minimum Gasteiger partial charge on any atom is -0.388 e. The SMILES string of the molecule is CC1(C)O[C@H]2O[C@H]([C@H](O)COCc3cc(F)cc(F)c3)C[C@H]2O1. The van der Waals surface area contributed by atoms with Gasteiger partial charge in [0.2, 0.25) is 0 Å². The molecule has 0 aliphatic carbocycles. The lowest BCUT2D eigenvalue weighted by Gasteiger charge is -2.23. The molecule has 0 radical (unpaired) electrons. The summed E-state index contributed by atoms with van der Waals surface area (Å²) in [4.78, 5) is 0. The van der Waals surface area contributed by atoms with E-state index in [2.05, 4.69) is 0 Å². The number of aliphatic hydroxyl groups is 1. The van der Waals surface area contributed by atoms with E-state index in [1.54, 1.807) is 13.8 Å². The predicted octanol–water partition coefficient (Wildman–Crippen LogP) is 2.11. The number of fused-ring (bicyclic) bond motifs is 1. The van der Waals surface area contributed by atoms with E-state index < -0.39 is 35.9 Å². The maximum absolute atomic E-state index is 13.1. The van der Waals surface area contributed by atoms with Gasteiger partial charge in [0, 0.05) is 12.5 Å². The lowest BCUT2D eigenvalue weighted by molar-refractivity contribution is -0.216. The van der Waals surface area contributed by atoms with Gasteiger partial charge in [0.1, 0.15) is 23.8 Å². The third-order valence-corrected chi connectivity index (χ3v) is 3.82. The van der Waals surface area contributed by atoms with Crippen molar-refractivity contribution in [2.75, 3.05) is 6.61 Å². The van der Waals surface area contributed by atoms with Crippen LogP contribution < -0.4 is 0 Å². The van der Waals surface area contributed by atoms with E-state index in [1.807, 2.05) is 0 Å². The van der Waals surface area contributed by atoms with Gasteiger partial charge in [-0.2, -0.15) is 0 Å². The van der Waals surface area contributed by atoms with Gasteiger partial charge in [-0.05, 0) is 31.5 Å². The van der Waals surface area contributed by atoms with Crippen molar-refractivity contribution in [3.8, 4) is 0 Å². The summed E-state index contributed by atoms with van der Waals surface area (Å²) in [7, 11) is 0. The second-order valence-electron chi connectivity index (χ2n) is 6.31. The molecular weight excluding hydrogens is 310 g/mol. The van der Waals surface area contributed by atoms with Crippen molar-refractivity contribution < 1.29 is 32.8 Å². The van der Waals surface area contributed by atoms with E-state index in [-0.39, 0.29) is 19.3 Å². The molecular formula is C16H20F2O5. The van der Waals surface area contributed by atoms with Gasteiger partial charge in [-0.15, -0.1) is 0 Å². The van der Waals surface area contributed by atoms with Crippen LogP contribution in [0, 0.1) is 11.6 Å². The fourth-order valence-corrected chi connectivity index (χ4v) is 2.88. The second-order valence-corrected chi connectivity index (χ2v) is 6.31. The summed E-state index contributed by atoms with van der Waals surface area (Å²) < 4.78 is 48.3. The molecule has 2 aliphatic heterocycles. The molecule has 2 aliphatic rings. The molecule has 128 valence electrons. The molecule has 0 bridgehead atoms. The van der Waals surface area contributed by atoms with Gasteiger partial charge in [-0.3, -0.25) is 0 Å². The monoisotopic (exact) mass is 330 g/mol. The molecule has 7 heteroatoms. The molecule has 0 spiro atoms. The quantitative estimate of drug-likeness (QED) is 0.896. The highest BCUT2D eigenvalue weighted by Crippen LogP contribution is 2.37. The van der Waals surface area contributed by atoms with Gasteiger partial charge < -0.3 is 24.1 Å². The Labute approximate surface area is 133 Å². The van der Waals surface area contributed by atoms with E-state index in [9.17, 15) is 13.9 Å². The number of aliphatic hydroxyl groups excluding tert-OH is 1. The van der Waals surface area contributed by atoms with Crippen molar-refractivity contribution in [3.05, 3.63) is 35.4 Å². The number of benzene rings is 1. The maximum atomic E-state index is 13.1. The molecule has 2 heterocycles. The number of ether oxygens (including phenoxy) is 4. The summed E-state index contributed by atoms with van der Waals surface area (Å²) in [5.41, 5.74) is 0.368. The van der Waals surface area contributed by atoms with Gasteiger partial charge in [-0.1, -0.05) is 0 Å². The zero-order valence-electron chi connectivity index (χ0n) is 13.0. The van der Waals surface area contributed by atoms with Gasteiger partial charge in [-0.25, -0.2) is 8.78 Å². The zero-order chi connectivity index (χ0) is 16.6. The Kier molecular flexibility index (Phi) is 4.66. The van der Waals surface area contributed by atoms with E-state index in [0.29, 0.717) is 12.0 Å². The van der Waals surface area contributed by atoms with Crippen LogP contribution in [0.15, 0.2) is 18.2 Å². The average molecular weight is 330 g/mol. The molecule has 23 heavy (non-hydrogen) atoms. The van der Waals surface area contributed by atoms with Crippen molar-refractivity contribution in [2.45, 2.75) is 57.3 Å². The highest BCUT2D eigenvalue weighted by atomic mass is 19.1. The van der Waals surface area contributed by atoms with Crippen molar-refractivity contribution in [1.82, 2.24) is 0 Å². The van der Waals surface area contributed by atoms with Crippen LogP contribution in [0.2, 0.25) is 0 Å². The standard InChI is InChI=1S/C16H20F2O5/c1-16(2)22-14-6-13(21-15(14)23-16)12(19)8-20-7-9-3-10(17)5-11(18)4-9/h3-5,12-15,19H,6-8H2,1-2H3/t12-,13+,14-,15-/m1/s1. The van der Waals surface area contributed by atoms with Crippen molar-refractivity contribution in [3.63, 3.8) is 0 Å². The number of rotatable bonds is 5. The van der Waals surface area contributed by atoms with E-state index >= 15 is 0 Å². The zero-order valence-corrected chi connectivity index (χ0v) is 13.0. The van der Waals surface area contributed by atoms with E-state index in [1.165, 1.54) is 12.1 Å². The first-order valence-corrected chi connectivity index (χ1v) is 7.54. The molecule has 2 saturated heterocycles. The molecule has 5 nitrogen and oxygen atoms in total. The van der Waals surface area contributed by atoms with Crippen LogP contribution in [0.4, 0.5) is 8.78 Å². The Hall–Kier alpha value is -1.12. The topological polar surface area (TPSA) is 57.2 Å². The Balaban J connectivity index is 1.45. The Bertz CT molecular complexity index is 529. The fourth-order valence-electron chi connectivity index (χ4n) is 2.88. The third-order valence-electron chi connectivity index (χ3n) is 3.82. The van der Waals surface area contributed by atoms with Crippen molar-refractivity contribution >= 4 is 0 Å². The number of halogens is 2. The summed E-state index contributed by atoms with van der Waals surface area (Å²) in [6, 6.07) is 3.18. The molecule has 0 amide bonds. The second kappa shape index (κ2) is 6.41. The van der Waals surface area contributed by atoms with Crippen LogP contribution in [0.1, 0.15) is 25.8 Å². The summed E-state index contributed by atoms with van der Waals surface area (Å²) in [6.07, 6.45) is -1.50. The van der Waals surface area contributed by atoms with Crippen LogP contribution in [-0.2, 0) is 25.6 Å². The molecule has 1 aromatic carbocycles. The summed E-state index contributed by atoms with van der Waals surface area (Å²) in [6.45, 7) is 3.61. The highest BCUT2D eigenvalue weighted by molar-refractivity contribution is 5.16. The number of hydrogen-bond acceptors (Lipinski definition) is 5. The van der Waals surface area contributed by atoms with E-state index in [0.717, 1.165) is 6.07 Å². The predicted molar refractivity (Wildman–Crippen MR) is 75.3 cm³/mol. The van der Waals surface area contributed by atoms with Gasteiger partial charge >= 0.3 is 0 Å². The summed E-state index contributed by atoms with van der Waals surface area (Å²) in [5.74, 6) is -2.00. The molecule has 4 atom stereocenters. The summed E-state index contributed by atoms with van der Waals surface area (Å²) >= 11 is 0. The van der Waals surface area contributed by atoms with Crippen molar-refractivity contribution in [2.24, 2.45) is 0 Å². The van der Waals surface area contributed by atoms with Crippen molar-refractivity contribution in [1.29, 1.82) is 0 Å². The molecule has 0 unspecified atom stereocenters. The molecule has 1 N–H and O–H groups in total. The fraction of sp³-hybridized carbons (Fsp3) is 0.625. The Morgan fingerprint density at radius 3 is 2.61 bits per heavy atom. The van der Waals surface area contributed by atoms with Gasteiger partial charge in [0.25, 0.3) is 0 Å². The van der Waals surface area contributed by atoms with E-state index in [4.69, 9.17) is 18.9 Å². The lowest BCUT2D eigenvalue weighted by Crippen LogP contribution is -2.33. The average Bonchev–Trinajstić information content (AvgIpc) is 2.90. The largest absolute Gasteiger partial charge is 0.388 e. The Morgan fingerprint density at radius 1 is 1.26 bits per heavy atom. The van der Waals surface area contributed by atoms with Crippen LogP contribution in [-0.4, -0.2) is 42.1 Å². The van der Waals surface area contributed by atoms with Gasteiger partial charge in [0.15, 0.2) is 12.1 Å². The molecule has 2 fully saturated rings. The third kappa shape index (κ3) is 4.05. The van der Waals surface area contributed by atoms with Crippen LogP contribution >= 0.6 is 0 Å². The first-order valence-electron chi connectivity index (χ1n) is 7.54. The van der Waals surface area contributed by atoms with Gasteiger partial charge in [0.05, 0.1) is 19.3 Å². The molecule has 0 aromatic heterocycles. The Morgan fingerprint density at radius 2 is 1.96 bits per heavy atom. The maximum Gasteiger partial charge on any atom is 0.187 e. The van der Waals surface area contributed by atoms with Crippen LogP contribution in [0.25, 0.3) is 0 Å². The minimum absolute atomic E-state index is 0.00531. The highest BCUT2D eigenvalue weighted by Gasteiger charge is 2.49. The molecule has 0 saturated carbocycles.